The fourth-order valence-corrected chi connectivity index (χ4v) is 3.20. The molecule has 0 saturated carbocycles. The van der Waals surface area contributed by atoms with Crippen LogP contribution < -0.4 is 0 Å². The van der Waals surface area contributed by atoms with Gasteiger partial charge in [0.2, 0.25) is 11.6 Å². The Labute approximate surface area is 178 Å². The van der Waals surface area contributed by atoms with E-state index in [0.717, 1.165) is 17.2 Å². The molecule has 2 aromatic carbocycles. The summed E-state index contributed by atoms with van der Waals surface area (Å²) in [7, 11) is 0. The molecule has 0 saturated heterocycles. The normalized spacial score (nSPS) is 11.5. The first-order valence-electron chi connectivity index (χ1n) is 9.67. The van der Waals surface area contributed by atoms with Gasteiger partial charge in [-0.3, -0.25) is 14.7 Å². The van der Waals surface area contributed by atoms with Crippen molar-refractivity contribution in [1.29, 1.82) is 0 Å². The summed E-state index contributed by atoms with van der Waals surface area (Å²) < 4.78 is 1.78. The molecule has 0 aliphatic carbocycles. The second kappa shape index (κ2) is 8.62. The molecule has 31 heavy (non-hydrogen) atoms. The lowest BCUT2D eigenvalue weighted by Crippen LogP contribution is -2.10. The predicted octanol–water partition coefficient (Wildman–Crippen LogP) is 3.98. The van der Waals surface area contributed by atoms with Gasteiger partial charge in [-0.25, -0.2) is 4.98 Å². The zero-order valence-corrected chi connectivity index (χ0v) is 16.8. The number of carbonyl (C=O) groups excluding carboxylic acids is 2. The van der Waals surface area contributed by atoms with Crippen LogP contribution in [0.15, 0.2) is 79.3 Å². The molecule has 0 atom stereocenters. The molecule has 7 heteroatoms. The van der Waals surface area contributed by atoms with Crippen LogP contribution in [0.4, 0.5) is 0 Å². The largest absolute Gasteiger partial charge is 0.507 e. The van der Waals surface area contributed by atoms with Crippen LogP contribution in [0.2, 0.25) is 0 Å². The molecule has 4 rings (SSSR count). The molecule has 0 amide bonds. The van der Waals surface area contributed by atoms with Gasteiger partial charge in [0.15, 0.2) is 5.82 Å². The van der Waals surface area contributed by atoms with Crippen LogP contribution in [0, 0.1) is 6.92 Å². The van der Waals surface area contributed by atoms with E-state index in [9.17, 15) is 14.7 Å². The summed E-state index contributed by atoms with van der Waals surface area (Å²) in [6.07, 6.45) is 3.94. The summed E-state index contributed by atoms with van der Waals surface area (Å²) >= 11 is 0. The van der Waals surface area contributed by atoms with Crippen LogP contribution >= 0.6 is 0 Å². The van der Waals surface area contributed by atoms with Crippen molar-refractivity contribution in [1.82, 2.24) is 19.7 Å². The number of aromatic amines is 1. The number of nitrogens with zero attached hydrogens (tertiary/aromatic N) is 3. The van der Waals surface area contributed by atoms with E-state index in [1.54, 1.807) is 41.1 Å². The van der Waals surface area contributed by atoms with E-state index in [1.807, 2.05) is 37.3 Å². The molecule has 7 nitrogen and oxygen atoms in total. The first kappa shape index (κ1) is 20.0. The Hall–Kier alpha value is -4.26. The Balaban J connectivity index is 1.71. The fourth-order valence-electron chi connectivity index (χ4n) is 3.20. The van der Waals surface area contributed by atoms with Crippen LogP contribution in [0.5, 0.6) is 0 Å². The highest BCUT2D eigenvalue weighted by molar-refractivity contribution is 6.09. The third-order valence-corrected chi connectivity index (χ3v) is 4.85. The summed E-state index contributed by atoms with van der Waals surface area (Å²) in [5.41, 5.74) is 3.46. The quantitative estimate of drug-likeness (QED) is 0.272. The van der Waals surface area contributed by atoms with Gasteiger partial charge in [-0.1, -0.05) is 60.2 Å². The minimum absolute atomic E-state index is 0.0197. The second-order valence-electron chi connectivity index (χ2n) is 7.15. The van der Waals surface area contributed by atoms with E-state index < -0.39 is 5.78 Å². The maximum atomic E-state index is 13.1. The number of H-pyrrole nitrogens is 1. The number of aromatic nitrogens is 4. The van der Waals surface area contributed by atoms with Gasteiger partial charge in [0, 0.05) is 29.9 Å². The van der Waals surface area contributed by atoms with Crippen LogP contribution in [0.1, 0.15) is 43.4 Å². The summed E-state index contributed by atoms with van der Waals surface area (Å²) in [6, 6.07) is 18.5. The van der Waals surface area contributed by atoms with E-state index in [2.05, 4.69) is 15.2 Å². The topological polar surface area (TPSA) is 101 Å². The number of ketones is 2. The molecule has 0 fully saturated rings. The third kappa shape index (κ3) is 4.51. The number of benzene rings is 2. The van der Waals surface area contributed by atoms with Gasteiger partial charge in [0.25, 0.3) is 0 Å². The van der Waals surface area contributed by atoms with Crippen molar-refractivity contribution in [3.63, 3.8) is 0 Å². The molecule has 0 aliphatic rings. The molecule has 0 radical (unpaired) electrons. The van der Waals surface area contributed by atoms with Crippen molar-refractivity contribution in [3.8, 4) is 0 Å². The average Bonchev–Trinajstić information content (AvgIpc) is 3.46. The van der Waals surface area contributed by atoms with Crippen LogP contribution in [-0.2, 0) is 6.54 Å². The highest BCUT2D eigenvalue weighted by atomic mass is 16.3. The van der Waals surface area contributed by atoms with Crippen molar-refractivity contribution < 1.29 is 14.7 Å². The number of aliphatic hydroxyl groups is 1. The molecule has 0 unspecified atom stereocenters. The van der Waals surface area contributed by atoms with Gasteiger partial charge in [-0.15, -0.1) is 0 Å². The first-order chi connectivity index (χ1) is 15.0. The van der Waals surface area contributed by atoms with Gasteiger partial charge >= 0.3 is 0 Å². The Bertz CT molecular complexity index is 1240. The van der Waals surface area contributed by atoms with Crippen molar-refractivity contribution in [3.05, 3.63) is 113 Å². The number of nitrogens with one attached hydrogen (secondary N) is 1. The van der Waals surface area contributed by atoms with Crippen molar-refractivity contribution in [2.75, 3.05) is 0 Å². The Morgan fingerprint density at radius 1 is 1.06 bits per heavy atom. The Morgan fingerprint density at radius 2 is 1.81 bits per heavy atom. The van der Waals surface area contributed by atoms with Crippen LogP contribution in [-0.4, -0.2) is 36.4 Å². The molecule has 2 N–H and O–H groups in total. The van der Waals surface area contributed by atoms with Crippen LogP contribution in [0.3, 0.4) is 0 Å². The minimum atomic E-state index is -0.516. The van der Waals surface area contributed by atoms with Crippen molar-refractivity contribution >= 4 is 17.3 Å². The highest BCUT2D eigenvalue weighted by Gasteiger charge is 2.18. The van der Waals surface area contributed by atoms with E-state index >= 15 is 0 Å². The molecular weight excluding hydrogens is 392 g/mol. The summed E-state index contributed by atoms with van der Waals surface area (Å²) in [4.78, 5) is 29.1. The predicted molar refractivity (Wildman–Crippen MR) is 116 cm³/mol. The van der Waals surface area contributed by atoms with E-state index in [-0.39, 0.29) is 17.4 Å². The maximum Gasteiger partial charge on any atom is 0.226 e. The number of rotatable bonds is 7. The summed E-state index contributed by atoms with van der Waals surface area (Å²) in [5.74, 6) is -0.928. The molecule has 4 aromatic rings. The van der Waals surface area contributed by atoms with Gasteiger partial charge in [0.1, 0.15) is 12.1 Å². The van der Waals surface area contributed by atoms with Gasteiger partial charge in [-0.2, -0.15) is 5.10 Å². The number of carbonyl (C=O) groups is 2. The SMILES string of the molecule is Cc1ccc(Cn2cc(C(O)=CC(=O)c3ncn[nH]3)cc2C(=O)c2ccccc2)cc1. The standard InChI is InChI=1S/C24H20N4O3/c1-16-7-9-17(10-8-16)13-28-14-19(21(29)12-22(30)24-25-15-26-27-24)11-20(28)23(31)18-5-3-2-4-6-18/h2-12,14-15,29H,13H2,1H3,(H,25,26,27). The third-order valence-electron chi connectivity index (χ3n) is 4.85. The number of allylic oxidation sites excluding steroid dienone is 1. The van der Waals surface area contributed by atoms with Crippen LogP contribution in [0.25, 0.3) is 5.76 Å². The fraction of sp³-hybridized carbons (Fsp3) is 0.0833. The maximum absolute atomic E-state index is 13.1. The lowest BCUT2D eigenvalue weighted by molar-refractivity contribution is 0.102. The average molecular weight is 412 g/mol. The van der Waals surface area contributed by atoms with Crippen molar-refractivity contribution in [2.45, 2.75) is 13.5 Å². The zero-order chi connectivity index (χ0) is 21.8. The Kier molecular flexibility index (Phi) is 5.57. The number of aryl methyl sites for hydroxylation is 1. The molecule has 2 heterocycles. The monoisotopic (exact) mass is 412 g/mol. The highest BCUT2D eigenvalue weighted by Crippen LogP contribution is 2.21. The lowest BCUT2D eigenvalue weighted by atomic mass is 10.1. The first-order valence-corrected chi connectivity index (χ1v) is 9.67. The second-order valence-corrected chi connectivity index (χ2v) is 7.15. The summed E-state index contributed by atoms with van der Waals surface area (Å²) in [6.45, 7) is 2.45. The molecule has 2 aromatic heterocycles. The molecule has 0 spiro atoms. The number of aliphatic hydroxyl groups excluding tert-OH is 1. The lowest BCUT2D eigenvalue weighted by Gasteiger charge is -2.09. The van der Waals surface area contributed by atoms with E-state index in [1.165, 1.54) is 6.33 Å². The van der Waals surface area contributed by atoms with Gasteiger partial charge in [0.05, 0.1) is 5.69 Å². The molecule has 154 valence electrons. The number of hydrogen-bond acceptors (Lipinski definition) is 5. The molecule has 0 aliphatic heterocycles. The molecular formula is C24H20N4O3. The molecule has 0 bridgehead atoms. The summed E-state index contributed by atoms with van der Waals surface area (Å²) in [5, 5.41) is 16.6. The number of hydrogen-bond donors (Lipinski definition) is 2. The van der Waals surface area contributed by atoms with Crippen molar-refractivity contribution in [2.24, 2.45) is 0 Å². The van der Waals surface area contributed by atoms with E-state index in [0.29, 0.717) is 23.4 Å². The Morgan fingerprint density at radius 3 is 2.48 bits per heavy atom. The minimum Gasteiger partial charge on any atom is -0.507 e. The van der Waals surface area contributed by atoms with Gasteiger partial charge in [-0.05, 0) is 18.6 Å². The zero-order valence-electron chi connectivity index (χ0n) is 16.8. The van der Waals surface area contributed by atoms with Gasteiger partial charge < -0.3 is 9.67 Å². The van der Waals surface area contributed by atoms with E-state index in [4.69, 9.17) is 0 Å². The smallest absolute Gasteiger partial charge is 0.226 e.